The van der Waals surface area contributed by atoms with Gasteiger partial charge in [-0.1, -0.05) is 0 Å². The van der Waals surface area contributed by atoms with E-state index in [1.807, 2.05) is 27.7 Å². The number of carbonyl (C=O) groups is 2. The van der Waals surface area contributed by atoms with Gasteiger partial charge >= 0.3 is 5.97 Å². The highest BCUT2D eigenvalue weighted by molar-refractivity contribution is 5.95. The van der Waals surface area contributed by atoms with Crippen LogP contribution in [0.25, 0.3) is 0 Å². The van der Waals surface area contributed by atoms with Crippen LogP contribution in [-0.2, 0) is 9.53 Å². The van der Waals surface area contributed by atoms with Crippen molar-refractivity contribution in [3.63, 3.8) is 0 Å². The first kappa shape index (κ1) is 20.8. The number of hydrogen-bond donors (Lipinski definition) is 0. The number of nitrogens with zero attached hydrogens (tertiary/aromatic N) is 1. The van der Waals surface area contributed by atoms with Crippen LogP contribution in [-0.4, -0.2) is 50.2 Å². The first-order valence-corrected chi connectivity index (χ1v) is 8.29. The molecule has 1 aromatic rings. The first-order valence-electron chi connectivity index (χ1n) is 8.29. The summed E-state index contributed by atoms with van der Waals surface area (Å²) in [6.07, 6.45) is 0.812. The van der Waals surface area contributed by atoms with Crippen LogP contribution in [0.1, 0.15) is 49.5 Å². The van der Waals surface area contributed by atoms with Gasteiger partial charge in [-0.3, -0.25) is 9.59 Å². The number of amides is 1. The summed E-state index contributed by atoms with van der Waals surface area (Å²) in [5, 5.41) is 0. The Hall–Kier alpha value is -2.24. The van der Waals surface area contributed by atoms with E-state index in [0.717, 1.165) is 5.56 Å². The molecule has 0 aliphatic carbocycles. The van der Waals surface area contributed by atoms with E-state index >= 15 is 0 Å². The lowest BCUT2D eigenvalue weighted by molar-refractivity contribution is -0.154. The van der Waals surface area contributed by atoms with Crippen molar-refractivity contribution in [3.8, 4) is 11.5 Å². The van der Waals surface area contributed by atoms with Crippen LogP contribution in [0.5, 0.6) is 11.5 Å². The van der Waals surface area contributed by atoms with Gasteiger partial charge in [0.1, 0.15) is 17.1 Å². The lowest BCUT2D eigenvalue weighted by Gasteiger charge is -2.21. The molecule has 1 amide bonds. The fourth-order valence-electron chi connectivity index (χ4n) is 2.38. The molecular formula is C19H29NO5. The maximum absolute atomic E-state index is 12.6. The predicted molar refractivity (Wildman–Crippen MR) is 96.3 cm³/mol. The maximum Gasteiger partial charge on any atom is 0.306 e. The van der Waals surface area contributed by atoms with Crippen molar-refractivity contribution in [2.24, 2.45) is 0 Å². The second-order valence-corrected chi connectivity index (χ2v) is 6.92. The maximum atomic E-state index is 12.6. The fraction of sp³-hybridized carbons (Fsp3) is 0.579. The summed E-state index contributed by atoms with van der Waals surface area (Å²) in [5.41, 5.74) is 0.835. The SMILES string of the molecule is COc1cc(C(=O)N(C)CCCC(=O)OC(C)(C)C)cc(OC)c1C. The second-order valence-electron chi connectivity index (χ2n) is 6.92. The van der Waals surface area contributed by atoms with Crippen molar-refractivity contribution in [3.05, 3.63) is 23.3 Å². The highest BCUT2D eigenvalue weighted by Gasteiger charge is 2.19. The average Bonchev–Trinajstić information content (AvgIpc) is 2.52. The zero-order valence-corrected chi connectivity index (χ0v) is 16.3. The smallest absolute Gasteiger partial charge is 0.306 e. The van der Waals surface area contributed by atoms with Gasteiger partial charge in [-0.2, -0.15) is 0 Å². The number of hydrogen-bond acceptors (Lipinski definition) is 5. The van der Waals surface area contributed by atoms with Gasteiger partial charge in [0.25, 0.3) is 5.91 Å². The molecular weight excluding hydrogens is 322 g/mol. The van der Waals surface area contributed by atoms with Crippen LogP contribution in [0, 0.1) is 6.92 Å². The number of carbonyl (C=O) groups excluding carboxylic acids is 2. The Morgan fingerprint density at radius 3 is 2.04 bits per heavy atom. The van der Waals surface area contributed by atoms with Gasteiger partial charge in [-0.05, 0) is 46.2 Å². The summed E-state index contributed by atoms with van der Waals surface area (Å²) < 4.78 is 15.9. The van der Waals surface area contributed by atoms with E-state index in [4.69, 9.17) is 14.2 Å². The van der Waals surface area contributed by atoms with E-state index in [1.54, 1.807) is 38.3 Å². The van der Waals surface area contributed by atoms with Gasteiger partial charge in [-0.25, -0.2) is 0 Å². The molecule has 140 valence electrons. The predicted octanol–water partition coefficient (Wildman–Crippen LogP) is 3.21. The van der Waals surface area contributed by atoms with Gasteiger partial charge in [0.15, 0.2) is 0 Å². The van der Waals surface area contributed by atoms with Crippen molar-refractivity contribution < 1.29 is 23.8 Å². The molecule has 0 aromatic heterocycles. The van der Waals surface area contributed by atoms with Crippen molar-refractivity contribution in [2.75, 3.05) is 27.8 Å². The Morgan fingerprint density at radius 1 is 1.08 bits per heavy atom. The average molecular weight is 351 g/mol. The Morgan fingerprint density at radius 2 is 1.60 bits per heavy atom. The zero-order valence-electron chi connectivity index (χ0n) is 16.3. The zero-order chi connectivity index (χ0) is 19.2. The summed E-state index contributed by atoms with van der Waals surface area (Å²) >= 11 is 0. The van der Waals surface area contributed by atoms with Crippen LogP contribution in [0.3, 0.4) is 0 Å². The van der Waals surface area contributed by atoms with Crippen LogP contribution in [0.15, 0.2) is 12.1 Å². The lowest BCUT2D eigenvalue weighted by atomic mass is 10.1. The largest absolute Gasteiger partial charge is 0.496 e. The Bertz CT molecular complexity index is 594. The number of benzene rings is 1. The third-order valence-corrected chi connectivity index (χ3v) is 3.64. The van der Waals surface area contributed by atoms with E-state index in [-0.39, 0.29) is 18.3 Å². The topological polar surface area (TPSA) is 65.1 Å². The molecule has 25 heavy (non-hydrogen) atoms. The molecule has 6 heteroatoms. The number of esters is 1. The molecule has 1 rings (SSSR count). The van der Waals surface area contributed by atoms with Gasteiger partial charge in [-0.15, -0.1) is 0 Å². The Labute approximate surface area is 150 Å². The molecule has 0 spiro atoms. The molecule has 0 saturated carbocycles. The summed E-state index contributed by atoms with van der Waals surface area (Å²) in [6.45, 7) is 7.82. The second kappa shape index (κ2) is 8.74. The van der Waals surface area contributed by atoms with Gasteiger partial charge in [0.2, 0.25) is 0 Å². The molecule has 0 bridgehead atoms. The van der Waals surface area contributed by atoms with Crippen LogP contribution < -0.4 is 9.47 Å². The van der Waals surface area contributed by atoms with Gasteiger partial charge < -0.3 is 19.1 Å². The molecule has 6 nitrogen and oxygen atoms in total. The Kier molecular flexibility index (Phi) is 7.27. The normalized spacial score (nSPS) is 11.0. The fourth-order valence-corrected chi connectivity index (χ4v) is 2.38. The van der Waals surface area contributed by atoms with E-state index in [1.165, 1.54) is 0 Å². The summed E-state index contributed by atoms with van der Waals surface area (Å²) in [6, 6.07) is 3.40. The molecule has 0 radical (unpaired) electrons. The highest BCUT2D eigenvalue weighted by atomic mass is 16.6. The molecule has 0 unspecified atom stereocenters. The molecule has 0 fully saturated rings. The van der Waals surface area contributed by atoms with Crippen LogP contribution >= 0.6 is 0 Å². The minimum Gasteiger partial charge on any atom is -0.496 e. The van der Waals surface area contributed by atoms with Crippen molar-refractivity contribution in [1.82, 2.24) is 4.90 Å². The lowest BCUT2D eigenvalue weighted by Crippen LogP contribution is -2.29. The molecule has 0 N–H and O–H groups in total. The Balaban J connectivity index is 2.69. The summed E-state index contributed by atoms with van der Waals surface area (Å²) in [5.74, 6) is 0.794. The van der Waals surface area contributed by atoms with Crippen molar-refractivity contribution >= 4 is 11.9 Å². The van der Waals surface area contributed by atoms with Gasteiger partial charge in [0, 0.05) is 31.1 Å². The number of ether oxygens (including phenoxy) is 3. The number of methoxy groups -OCH3 is 2. The monoisotopic (exact) mass is 351 g/mol. The van der Waals surface area contributed by atoms with Crippen molar-refractivity contribution in [1.29, 1.82) is 0 Å². The molecule has 0 heterocycles. The van der Waals surface area contributed by atoms with Crippen LogP contribution in [0.4, 0.5) is 0 Å². The van der Waals surface area contributed by atoms with Crippen LogP contribution in [0.2, 0.25) is 0 Å². The van der Waals surface area contributed by atoms with E-state index < -0.39 is 5.60 Å². The summed E-state index contributed by atoms with van der Waals surface area (Å²) in [4.78, 5) is 25.9. The third kappa shape index (κ3) is 6.29. The quantitative estimate of drug-likeness (QED) is 0.706. The van der Waals surface area contributed by atoms with E-state index in [2.05, 4.69) is 0 Å². The number of rotatable bonds is 7. The standard InChI is InChI=1S/C19H29NO5/c1-13-15(23-6)11-14(12-16(13)24-7)18(22)20(5)10-8-9-17(21)25-19(2,3)4/h11-12H,8-10H2,1-7H3. The minimum atomic E-state index is -0.492. The highest BCUT2D eigenvalue weighted by Crippen LogP contribution is 2.29. The molecule has 0 atom stereocenters. The molecule has 1 aromatic carbocycles. The summed E-state index contributed by atoms with van der Waals surface area (Å²) in [7, 11) is 4.82. The van der Waals surface area contributed by atoms with E-state index in [9.17, 15) is 9.59 Å². The molecule has 0 saturated heterocycles. The van der Waals surface area contributed by atoms with Crippen molar-refractivity contribution in [2.45, 2.75) is 46.1 Å². The molecule has 0 aliphatic rings. The third-order valence-electron chi connectivity index (χ3n) is 3.64. The first-order chi connectivity index (χ1) is 11.6. The van der Waals surface area contributed by atoms with Gasteiger partial charge in [0.05, 0.1) is 14.2 Å². The minimum absolute atomic E-state index is 0.152. The molecule has 0 aliphatic heterocycles. The van der Waals surface area contributed by atoms with E-state index in [0.29, 0.717) is 30.0 Å².